The lowest BCUT2D eigenvalue weighted by Gasteiger charge is -2.10. The molecule has 0 N–H and O–H groups in total. The predicted octanol–water partition coefficient (Wildman–Crippen LogP) is 1.46. The fourth-order valence-corrected chi connectivity index (χ4v) is 2.56. The van der Waals surface area contributed by atoms with Crippen molar-refractivity contribution in [3.63, 3.8) is 0 Å². The number of carboxylic acids is 1. The first-order valence-corrected chi connectivity index (χ1v) is 7.54. The molecule has 2 rings (SSSR count). The van der Waals surface area contributed by atoms with Gasteiger partial charge in [0, 0.05) is 24.2 Å². The highest BCUT2D eigenvalue weighted by Gasteiger charge is 2.06. The fraction of sp³-hybridized carbons (Fsp3) is 0.333. The summed E-state index contributed by atoms with van der Waals surface area (Å²) in [5.74, 6) is 0.302. The molecule has 0 unspecified atom stereocenters. The van der Waals surface area contributed by atoms with Crippen LogP contribution in [0.15, 0.2) is 29.6 Å². The maximum Gasteiger partial charge on any atom is 0.161 e. The van der Waals surface area contributed by atoms with E-state index in [0.717, 1.165) is 10.8 Å². The number of rotatable bonds is 8. The Bertz CT molecular complexity index is 597. The molecule has 0 spiro atoms. The summed E-state index contributed by atoms with van der Waals surface area (Å²) in [6, 6.07) is 7.50. The molecule has 0 atom stereocenters. The molecule has 1 heterocycles. The van der Waals surface area contributed by atoms with E-state index in [9.17, 15) is 9.90 Å². The minimum atomic E-state index is -1.12. The topological polar surface area (TPSA) is 71.5 Å². The van der Waals surface area contributed by atoms with Crippen molar-refractivity contribution in [2.75, 3.05) is 13.2 Å². The lowest BCUT2D eigenvalue weighted by molar-refractivity contribution is -0.304. The van der Waals surface area contributed by atoms with Gasteiger partial charge in [0.25, 0.3) is 0 Å². The van der Waals surface area contributed by atoms with Crippen LogP contribution in [-0.4, -0.2) is 24.2 Å². The van der Waals surface area contributed by atoms with Gasteiger partial charge in [0.2, 0.25) is 0 Å². The van der Waals surface area contributed by atoms with Gasteiger partial charge >= 0.3 is 0 Å². The number of hydrogen-bond donors (Lipinski definition) is 0. The number of para-hydroxylation sites is 2. The zero-order chi connectivity index (χ0) is 15.1. The summed E-state index contributed by atoms with van der Waals surface area (Å²) >= 11 is 1.43. The number of benzene rings is 1. The molecule has 0 radical (unpaired) electrons. The van der Waals surface area contributed by atoms with Gasteiger partial charge in [-0.3, -0.25) is 0 Å². The Morgan fingerprint density at radius 1 is 1.29 bits per heavy atom. The van der Waals surface area contributed by atoms with Gasteiger partial charge in [0.1, 0.15) is 0 Å². The van der Waals surface area contributed by atoms with Crippen LogP contribution in [0.25, 0.3) is 0 Å². The fourth-order valence-electron chi connectivity index (χ4n) is 1.79. The van der Waals surface area contributed by atoms with Gasteiger partial charge in [-0.25, -0.2) is 4.98 Å². The number of carbonyl (C=O) groups is 1. The van der Waals surface area contributed by atoms with Gasteiger partial charge in [0.15, 0.2) is 11.5 Å². The summed E-state index contributed by atoms with van der Waals surface area (Å²) in [6.45, 7) is 2.97. The van der Waals surface area contributed by atoms with Crippen molar-refractivity contribution in [2.45, 2.75) is 19.8 Å². The average Bonchev–Trinajstić information content (AvgIpc) is 2.88. The third-order valence-corrected chi connectivity index (χ3v) is 3.60. The zero-order valence-corrected chi connectivity index (χ0v) is 12.5. The van der Waals surface area contributed by atoms with E-state index in [1.807, 2.05) is 31.2 Å². The van der Waals surface area contributed by atoms with Crippen molar-refractivity contribution in [2.24, 2.45) is 0 Å². The van der Waals surface area contributed by atoms with E-state index in [1.54, 1.807) is 5.38 Å². The molecular weight excluding hydrogens is 290 g/mol. The van der Waals surface area contributed by atoms with Gasteiger partial charge in [0.05, 0.1) is 23.9 Å². The van der Waals surface area contributed by atoms with Gasteiger partial charge in [-0.15, -0.1) is 11.3 Å². The summed E-state index contributed by atoms with van der Waals surface area (Å²) < 4.78 is 11.2. The second-order valence-corrected chi connectivity index (χ2v) is 5.20. The Morgan fingerprint density at radius 2 is 2.00 bits per heavy atom. The number of aromatic nitrogens is 1. The molecule has 0 aliphatic carbocycles. The van der Waals surface area contributed by atoms with Crippen LogP contribution < -0.4 is 14.6 Å². The lowest BCUT2D eigenvalue weighted by atomic mass is 10.3. The Hall–Kier alpha value is -2.08. The van der Waals surface area contributed by atoms with E-state index in [1.165, 1.54) is 11.3 Å². The molecule has 5 nitrogen and oxygen atoms in total. The molecule has 0 saturated carbocycles. The van der Waals surface area contributed by atoms with E-state index >= 15 is 0 Å². The van der Waals surface area contributed by atoms with E-state index < -0.39 is 5.97 Å². The number of hydrogen-bond acceptors (Lipinski definition) is 6. The zero-order valence-electron chi connectivity index (χ0n) is 11.7. The van der Waals surface area contributed by atoms with E-state index in [2.05, 4.69) is 4.98 Å². The molecule has 21 heavy (non-hydrogen) atoms. The third-order valence-electron chi connectivity index (χ3n) is 2.65. The van der Waals surface area contributed by atoms with E-state index in [4.69, 9.17) is 9.47 Å². The van der Waals surface area contributed by atoms with Crippen LogP contribution in [0.4, 0.5) is 0 Å². The molecule has 0 saturated heterocycles. The second kappa shape index (κ2) is 7.64. The molecule has 0 fully saturated rings. The van der Waals surface area contributed by atoms with Crippen LogP contribution in [0.1, 0.15) is 17.6 Å². The van der Waals surface area contributed by atoms with E-state index in [0.29, 0.717) is 31.1 Å². The first kappa shape index (κ1) is 15.3. The highest BCUT2D eigenvalue weighted by Crippen LogP contribution is 2.26. The molecule has 6 heteroatoms. The molecule has 1 aromatic carbocycles. The Kier molecular flexibility index (Phi) is 5.57. The van der Waals surface area contributed by atoms with Crippen molar-refractivity contribution < 1.29 is 19.4 Å². The summed E-state index contributed by atoms with van der Waals surface area (Å²) in [6.07, 6.45) is 0.475. The normalized spacial score (nSPS) is 10.3. The Morgan fingerprint density at radius 3 is 2.67 bits per heavy atom. The molecule has 0 bridgehead atoms. The number of carbonyl (C=O) groups excluding carboxylic acids is 1. The smallest absolute Gasteiger partial charge is 0.161 e. The monoisotopic (exact) mass is 306 g/mol. The Labute approximate surface area is 127 Å². The van der Waals surface area contributed by atoms with E-state index in [-0.39, 0.29) is 6.42 Å². The molecular formula is C15H16NO4S-. The van der Waals surface area contributed by atoms with Gasteiger partial charge in [-0.1, -0.05) is 12.1 Å². The largest absolute Gasteiger partial charge is 0.550 e. The van der Waals surface area contributed by atoms with Crippen molar-refractivity contribution in [1.29, 1.82) is 0 Å². The highest BCUT2D eigenvalue weighted by atomic mass is 32.1. The van der Waals surface area contributed by atoms with Gasteiger partial charge in [-0.05, 0) is 19.1 Å². The van der Waals surface area contributed by atoms with Gasteiger partial charge < -0.3 is 19.4 Å². The first-order chi connectivity index (χ1) is 10.2. The third kappa shape index (κ3) is 4.75. The molecule has 2 aromatic rings. The predicted molar refractivity (Wildman–Crippen MR) is 77.6 cm³/mol. The average molecular weight is 306 g/mol. The van der Waals surface area contributed by atoms with Crippen molar-refractivity contribution in [3.05, 3.63) is 40.3 Å². The minimum absolute atomic E-state index is 0.148. The summed E-state index contributed by atoms with van der Waals surface area (Å²) in [5, 5.41) is 13.1. The van der Waals surface area contributed by atoms with Crippen molar-refractivity contribution in [3.8, 4) is 11.5 Å². The van der Waals surface area contributed by atoms with Crippen LogP contribution in [0.2, 0.25) is 0 Å². The van der Waals surface area contributed by atoms with Crippen molar-refractivity contribution >= 4 is 17.3 Å². The number of ether oxygens (including phenoxy) is 2. The number of thiazole rings is 1. The molecule has 112 valence electrons. The van der Waals surface area contributed by atoms with Crippen molar-refractivity contribution in [1.82, 2.24) is 4.98 Å². The summed E-state index contributed by atoms with van der Waals surface area (Å²) in [5.41, 5.74) is 0.532. The number of carboxylic acid groups (broad SMARTS) is 1. The lowest BCUT2D eigenvalue weighted by Crippen LogP contribution is -2.24. The summed E-state index contributed by atoms with van der Waals surface area (Å²) in [4.78, 5) is 14.7. The van der Waals surface area contributed by atoms with Gasteiger partial charge in [-0.2, -0.15) is 0 Å². The molecule has 0 aliphatic rings. The molecule has 0 aliphatic heterocycles. The van der Waals surface area contributed by atoms with Crippen LogP contribution in [0, 0.1) is 0 Å². The highest BCUT2D eigenvalue weighted by molar-refractivity contribution is 7.09. The van der Waals surface area contributed by atoms with Crippen LogP contribution >= 0.6 is 11.3 Å². The molecule has 1 aromatic heterocycles. The first-order valence-electron chi connectivity index (χ1n) is 6.66. The standard InChI is InChI=1S/C15H17NO4S/c1-2-19-12-5-3-4-6-13(12)20-8-7-14-16-11(10-21-14)9-15(17)18/h3-6,10H,2,7-9H2,1H3,(H,17,18)/p-1. The maximum absolute atomic E-state index is 10.5. The second-order valence-electron chi connectivity index (χ2n) is 4.26. The maximum atomic E-state index is 10.5. The molecule has 0 amide bonds. The number of aliphatic carboxylic acids is 1. The van der Waals surface area contributed by atoms with Crippen LogP contribution in [0.5, 0.6) is 11.5 Å². The van der Waals surface area contributed by atoms with Crippen LogP contribution in [-0.2, 0) is 17.6 Å². The number of nitrogens with zero attached hydrogens (tertiary/aromatic N) is 1. The van der Waals surface area contributed by atoms with Crippen LogP contribution in [0.3, 0.4) is 0 Å². The summed E-state index contributed by atoms with van der Waals surface area (Å²) in [7, 11) is 0. The quantitative estimate of drug-likeness (QED) is 0.738. The Balaban J connectivity index is 1.86. The SMILES string of the molecule is CCOc1ccccc1OCCc1nc(CC(=O)[O-])cs1. The minimum Gasteiger partial charge on any atom is -0.550 e.